The van der Waals surface area contributed by atoms with E-state index in [1.54, 1.807) is 35.0 Å². The third-order valence-corrected chi connectivity index (χ3v) is 4.26. The topological polar surface area (TPSA) is 52.0 Å². The standard InChI is InChI=1S/C18H13ClF2N4O/c19-12-7-5-11(6-8-12)15-9-14(24-18-22-10-23-25(15)18)13-3-1-2-4-16(13)26-17(20)21/h1-10,15,17H,(H,22,23,24)/t15-/m0/s1. The highest BCUT2D eigenvalue weighted by atomic mass is 35.5. The zero-order chi connectivity index (χ0) is 18.1. The molecular formula is C18H13ClF2N4O. The average molecular weight is 375 g/mol. The molecule has 8 heteroatoms. The van der Waals surface area contributed by atoms with Crippen LogP contribution in [0.25, 0.3) is 5.70 Å². The van der Waals surface area contributed by atoms with E-state index in [4.69, 9.17) is 11.6 Å². The van der Waals surface area contributed by atoms with Gasteiger partial charge in [-0.25, -0.2) is 4.68 Å². The molecule has 132 valence electrons. The Morgan fingerprint density at radius 2 is 1.88 bits per heavy atom. The first-order chi connectivity index (χ1) is 12.6. The van der Waals surface area contributed by atoms with Crippen LogP contribution in [0.2, 0.25) is 5.02 Å². The lowest BCUT2D eigenvalue weighted by atomic mass is 10.0. The number of anilines is 1. The maximum atomic E-state index is 12.7. The summed E-state index contributed by atoms with van der Waals surface area (Å²) in [4.78, 5) is 4.20. The molecule has 1 aromatic heterocycles. The van der Waals surface area contributed by atoms with E-state index in [9.17, 15) is 8.78 Å². The van der Waals surface area contributed by atoms with Gasteiger partial charge in [0.05, 0.1) is 5.70 Å². The van der Waals surface area contributed by atoms with Crippen molar-refractivity contribution in [2.24, 2.45) is 0 Å². The number of benzene rings is 2. The molecule has 4 rings (SSSR count). The Balaban J connectivity index is 1.79. The van der Waals surface area contributed by atoms with Crippen molar-refractivity contribution in [2.75, 3.05) is 5.32 Å². The van der Waals surface area contributed by atoms with E-state index >= 15 is 0 Å². The Hall–Kier alpha value is -2.93. The minimum absolute atomic E-state index is 0.0871. The fourth-order valence-electron chi connectivity index (χ4n) is 2.88. The average Bonchev–Trinajstić information content (AvgIpc) is 3.10. The lowest BCUT2D eigenvalue weighted by molar-refractivity contribution is -0.0500. The molecule has 1 aliphatic heterocycles. The summed E-state index contributed by atoms with van der Waals surface area (Å²) in [5, 5.41) is 7.99. The van der Waals surface area contributed by atoms with Gasteiger partial charge in [-0.1, -0.05) is 35.9 Å². The first kappa shape index (κ1) is 16.5. The molecule has 0 spiro atoms. The number of ether oxygens (including phenoxy) is 1. The monoisotopic (exact) mass is 374 g/mol. The molecule has 0 saturated carbocycles. The summed E-state index contributed by atoms with van der Waals surface area (Å²) >= 11 is 5.97. The van der Waals surface area contributed by atoms with Gasteiger partial charge in [-0.15, -0.1) is 0 Å². The lowest BCUT2D eigenvalue weighted by Gasteiger charge is -2.25. The van der Waals surface area contributed by atoms with Crippen LogP contribution in [0.1, 0.15) is 17.2 Å². The van der Waals surface area contributed by atoms with E-state index < -0.39 is 6.61 Å². The second-order valence-electron chi connectivity index (χ2n) is 5.60. The van der Waals surface area contributed by atoms with Gasteiger partial charge in [-0.05, 0) is 35.9 Å². The summed E-state index contributed by atoms with van der Waals surface area (Å²) in [6.45, 7) is -2.91. The molecule has 1 aliphatic rings. The van der Waals surface area contributed by atoms with E-state index in [1.807, 2.05) is 18.2 Å². The second-order valence-corrected chi connectivity index (χ2v) is 6.04. The Morgan fingerprint density at radius 3 is 2.65 bits per heavy atom. The van der Waals surface area contributed by atoms with Gasteiger partial charge in [0.15, 0.2) is 0 Å². The Morgan fingerprint density at radius 1 is 1.12 bits per heavy atom. The minimum atomic E-state index is -2.91. The number of para-hydroxylation sites is 1. The number of hydrogen-bond donors (Lipinski definition) is 1. The van der Waals surface area contributed by atoms with Crippen LogP contribution in [-0.4, -0.2) is 21.4 Å². The van der Waals surface area contributed by atoms with E-state index in [1.165, 1.54) is 12.4 Å². The van der Waals surface area contributed by atoms with Gasteiger partial charge in [-0.3, -0.25) is 0 Å². The van der Waals surface area contributed by atoms with Crippen molar-refractivity contribution in [3.05, 3.63) is 77.1 Å². The third kappa shape index (κ3) is 3.13. The predicted molar refractivity (Wildman–Crippen MR) is 94.3 cm³/mol. The molecule has 0 radical (unpaired) electrons. The van der Waals surface area contributed by atoms with Gasteiger partial charge >= 0.3 is 6.61 Å². The van der Waals surface area contributed by atoms with Crippen LogP contribution in [0.3, 0.4) is 0 Å². The van der Waals surface area contributed by atoms with Crippen molar-refractivity contribution in [1.29, 1.82) is 0 Å². The predicted octanol–water partition coefficient (Wildman–Crippen LogP) is 4.59. The molecule has 0 aliphatic carbocycles. The maximum absolute atomic E-state index is 12.7. The molecule has 26 heavy (non-hydrogen) atoms. The lowest BCUT2D eigenvalue weighted by Crippen LogP contribution is -2.20. The molecule has 3 aromatic rings. The Labute approximate surface area is 152 Å². The molecule has 0 bridgehead atoms. The van der Waals surface area contributed by atoms with E-state index in [0.717, 1.165) is 5.56 Å². The number of halogens is 3. The number of aromatic nitrogens is 3. The van der Waals surface area contributed by atoms with Crippen molar-refractivity contribution in [1.82, 2.24) is 14.8 Å². The van der Waals surface area contributed by atoms with Crippen molar-refractivity contribution < 1.29 is 13.5 Å². The van der Waals surface area contributed by atoms with Crippen molar-refractivity contribution >= 4 is 23.2 Å². The number of fused-ring (bicyclic) bond motifs is 1. The van der Waals surface area contributed by atoms with Gasteiger partial charge in [0.2, 0.25) is 5.95 Å². The number of rotatable bonds is 4. The summed E-state index contributed by atoms with van der Waals surface area (Å²) in [6, 6.07) is 13.7. The molecule has 1 N–H and O–H groups in total. The van der Waals surface area contributed by atoms with E-state index in [0.29, 0.717) is 22.2 Å². The summed E-state index contributed by atoms with van der Waals surface area (Å²) in [5.74, 6) is 0.596. The van der Waals surface area contributed by atoms with Crippen LogP contribution in [0, 0.1) is 0 Å². The summed E-state index contributed by atoms with van der Waals surface area (Å²) < 4.78 is 31.8. The van der Waals surface area contributed by atoms with Gasteiger partial charge < -0.3 is 10.1 Å². The molecule has 5 nitrogen and oxygen atoms in total. The third-order valence-electron chi connectivity index (χ3n) is 4.01. The zero-order valence-corrected chi connectivity index (χ0v) is 14.1. The quantitative estimate of drug-likeness (QED) is 0.725. The molecule has 2 heterocycles. The molecule has 1 atom stereocenters. The highest BCUT2D eigenvalue weighted by molar-refractivity contribution is 6.30. The van der Waals surface area contributed by atoms with Crippen LogP contribution in [0.4, 0.5) is 14.7 Å². The number of allylic oxidation sites excluding steroid dienone is 1. The van der Waals surface area contributed by atoms with Crippen LogP contribution in [0.5, 0.6) is 5.75 Å². The van der Waals surface area contributed by atoms with Crippen LogP contribution in [0.15, 0.2) is 60.9 Å². The van der Waals surface area contributed by atoms with Gasteiger partial charge in [-0.2, -0.15) is 18.9 Å². The van der Waals surface area contributed by atoms with Crippen molar-refractivity contribution in [3.8, 4) is 5.75 Å². The molecule has 0 amide bonds. The van der Waals surface area contributed by atoms with Gasteiger partial charge in [0.25, 0.3) is 0 Å². The SMILES string of the molecule is FC(F)Oc1ccccc1C1=C[C@@H](c2ccc(Cl)cc2)n2ncnc2N1. The molecule has 2 aromatic carbocycles. The molecule has 0 unspecified atom stereocenters. The highest BCUT2D eigenvalue weighted by Crippen LogP contribution is 2.35. The van der Waals surface area contributed by atoms with E-state index in [2.05, 4.69) is 20.1 Å². The Bertz CT molecular complexity index is 956. The largest absolute Gasteiger partial charge is 0.434 e. The van der Waals surface area contributed by atoms with Crippen LogP contribution >= 0.6 is 11.6 Å². The molecular weight excluding hydrogens is 362 g/mol. The van der Waals surface area contributed by atoms with Crippen LogP contribution < -0.4 is 10.1 Å². The number of hydrogen-bond acceptors (Lipinski definition) is 4. The number of alkyl halides is 2. The van der Waals surface area contributed by atoms with Crippen molar-refractivity contribution in [2.45, 2.75) is 12.7 Å². The van der Waals surface area contributed by atoms with E-state index in [-0.39, 0.29) is 11.8 Å². The van der Waals surface area contributed by atoms with Gasteiger partial charge in [0, 0.05) is 10.6 Å². The second kappa shape index (κ2) is 6.76. The van der Waals surface area contributed by atoms with Crippen LogP contribution in [-0.2, 0) is 0 Å². The zero-order valence-electron chi connectivity index (χ0n) is 13.3. The first-order valence-electron chi connectivity index (χ1n) is 7.80. The summed E-state index contributed by atoms with van der Waals surface area (Å²) in [6.07, 6.45) is 3.32. The molecule has 0 saturated heterocycles. The Kier molecular flexibility index (Phi) is 4.30. The highest BCUT2D eigenvalue weighted by Gasteiger charge is 2.25. The summed E-state index contributed by atoms with van der Waals surface area (Å²) in [7, 11) is 0. The first-order valence-corrected chi connectivity index (χ1v) is 8.17. The maximum Gasteiger partial charge on any atom is 0.387 e. The number of nitrogens with zero attached hydrogens (tertiary/aromatic N) is 3. The summed E-state index contributed by atoms with van der Waals surface area (Å²) in [5.41, 5.74) is 2.06. The minimum Gasteiger partial charge on any atom is -0.434 e. The fraction of sp³-hybridized carbons (Fsp3) is 0.111. The normalized spacial score (nSPS) is 16.0. The number of nitrogens with one attached hydrogen (secondary N) is 1. The molecule has 0 fully saturated rings. The smallest absolute Gasteiger partial charge is 0.387 e. The van der Waals surface area contributed by atoms with Crippen molar-refractivity contribution in [3.63, 3.8) is 0 Å². The van der Waals surface area contributed by atoms with Gasteiger partial charge in [0.1, 0.15) is 18.1 Å². The fourth-order valence-corrected chi connectivity index (χ4v) is 3.00.